The summed E-state index contributed by atoms with van der Waals surface area (Å²) in [5.41, 5.74) is -0.946. The molecule has 17 heteroatoms. The van der Waals surface area contributed by atoms with Crippen molar-refractivity contribution >= 4 is 30.8 Å². The molecule has 0 bridgehead atoms. The second-order valence-electron chi connectivity index (χ2n) is 7.41. The van der Waals surface area contributed by atoms with Crippen molar-refractivity contribution in [2.45, 2.75) is 24.5 Å². The Kier molecular flexibility index (Phi) is 6.61. The Hall–Kier alpha value is -3.37. The number of benzene rings is 1. The van der Waals surface area contributed by atoms with E-state index in [0.717, 1.165) is 10.9 Å². The monoisotopic (exact) mass is 513 g/mol. The standard InChI is InChI=1S/C18H20N5O11P/c1-32-9-4-7(2-3-8(9)24)15(27)21-18-20-14-11(16(28)22-18)19-6-23(14)17-13(26)12(25)10(34-17)5-33-35(29,30)31/h2-4,6,10,12-13,17,24-26H,5H2,1H3,(H2,29,30,31)(H2,20,21,22,27,28)/t10-,12-,13-,17-/m1/s1. The molecule has 35 heavy (non-hydrogen) atoms. The number of aromatic amines is 1. The Labute approximate surface area is 195 Å². The molecule has 1 aromatic carbocycles. The van der Waals surface area contributed by atoms with Gasteiger partial charge in [-0.05, 0) is 18.2 Å². The molecule has 0 aliphatic carbocycles. The van der Waals surface area contributed by atoms with Gasteiger partial charge in [0.15, 0.2) is 28.9 Å². The number of nitrogens with zero attached hydrogens (tertiary/aromatic N) is 3. The largest absolute Gasteiger partial charge is 0.504 e. The highest BCUT2D eigenvalue weighted by Crippen LogP contribution is 2.38. The van der Waals surface area contributed by atoms with Crippen LogP contribution in [0, 0.1) is 0 Å². The highest BCUT2D eigenvalue weighted by molar-refractivity contribution is 7.46. The van der Waals surface area contributed by atoms with Crippen LogP contribution >= 0.6 is 7.82 Å². The van der Waals surface area contributed by atoms with E-state index in [9.17, 15) is 29.5 Å². The van der Waals surface area contributed by atoms with Crippen LogP contribution in [0.25, 0.3) is 11.2 Å². The van der Waals surface area contributed by atoms with Crippen LogP contribution in [-0.2, 0) is 13.8 Å². The predicted octanol–water partition coefficient (Wildman–Crippen LogP) is -1.19. The number of carbonyl (C=O) groups excluding carboxylic acids is 1. The van der Waals surface area contributed by atoms with E-state index in [0.29, 0.717) is 0 Å². The summed E-state index contributed by atoms with van der Waals surface area (Å²) < 4.78 is 26.8. The molecule has 16 nitrogen and oxygen atoms in total. The molecule has 0 spiro atoms. The molecular formula is C18H20N5O11P. The molecule has 4 rings (SSSR count). The molecule has 1 aliphatic heterocycles. The molecular weight excluding hydrogens is 493 g/mol. The highest BCUT2D eigenvalue weighted by Gasteiger charge is 2.45. The summed E-state index contributed by atoms with van der Waals surface area (Å²) in [6.07, 6.45) is -4.74. The fourth-order valence-electron chi connectivity index (χ4n) is 3.44. The number of fused-ring (bicyclic) bond motifs is 1. The van der Waals surface area contributed by atoms with Crippen molar-refractivity contribution in [1.82, 2.24) is 19.5 Å². The Morgan fingerprint density at radius 1 is 1.31 bits per heavy atom. The van der Waals surface area contributed by atoms with Gasteiger partial charge in [0.2, 0.25) is 5.95 Å². The van der Waals surface area contributed by atoms with E-state index < -0.39 is 50.4 Å². The Morgan fingerprint density at radius 3 is 2.74 bits per heavy atom. The van der Waals surface area contributed by atoms with Crippen LogP contribution in [-0.4, -0.2) is 82.6 Å². The molecule has 0 unspecified atom stereocenters. The number of methoxy groups -OCH3 is 1. The number of nitrogens with one attached hydrogen (secondary N) is 2. The third kappa shape index (κ3) is 5.03. The summed E-state index contributed by atoms with van der Waals surface area (Å²) in [5, 5.41) is 32.7. The highest BCUT2D eigenvalue weighted by atomic mass is 31.2. The van der Waals surface area contributed by atoms with E-state index in [1.165, 1.54) is 25.3 Å². The van der Waals surface area contributed by atoms with Crippen LogP contribution in [0.3, 0.4) is 0 Å². The number of phosphoric ester groups is 1. The lowest BCUT2D eigenvalue weighted by Gasteiger charge is -2.16. The number of aliphatic hydroxyl groups excluding tert-OH is 2. The van der Waals surface area contributed by atoms with Gasteiger partial charge in [-0.3, -0.25) is 29.0 Å². The number of hydrogen-bond acceptors (Lipinski definition) is 11. The number of rotatable bonds is 7. The van der Waals surface area contributed by atoms with Crippen molar-refractivity contribution in [2.75, 3.05) is 19.0 Å². The molecule has 2 aromatic heterocycles. The Balaban J connectivity index is 1.61. The normalized spacial score (nSPS) is 22.4. The van der Waals surface area contributed by atoms with E-state index in [4.69, 9.17) is 19.3 Å². The van der Waals surface area contributed by atoms with Gasteiger partial charge in [-0.2, -0.15) is 4.98 Å². The van der Waals surface area contributed by atoms with E-state index in [2.05, 4.69) is 24.8 Å². The molecule has 3 heterocycles. The first kappa shape index (κ1) is 24.7. The first-order chi connectivity index (χ1) is 16.5. The minimum atomic E-state index is -4.86. The summed E-state index contributed by atoms with van der Waals surface area (Å²) >= 11 is 0. The van der Waals surface area contributed by atoms with Gasteiger partial charge in [0.1, 0.15) is 18.3 Å². The van der Waals surface area contributed by atoms with Gasteiger partial charge >= 0.3 is 7.82 Å². The Bertz CT molecular complexity index is 1370. The number of carbonyl (C=O) groups is 1. The number of phenolic OH excluding ortho intramolecular Hbond substituents is 1. The smallest absolute Gasteiger partial charge is 0.469 e. The maximum Gasteiger partial charge on any atom is 0.469 e. The van der Waals surface area contributed by atoms with Crippen LogP contribution in [0.4, 0.5) is 5.95 Å². The number of H-pyrrole nitrogens is 1. The minimum Gasteiger partial charge on any atom is -0.504 e. The number of aliphatic hydroxyl groups is 2. The maximum absolute atomic E-state index is 12.6. The predicted molar refractivity (Wildman–Crippen MR) is 115 cm³/mol. The molecule has 1 amide bonds. The molecule has 3 aromatic rings. The third-order valence-electron chi connectivity index (χ3n) is 5.12. The molecule has 1 saturated heterocycles. The van der Waals surface area contributed by atoms with Gasteiger partial charge in [-0.25, -0.2) is 9.55 Å². The SMILES string of the molecule is COc1cc(C(=O)Nc2nc3c(ncn3[C@@H]3O[C@H](COP(=O)(O)O)[C@@H](O)[C@H]3O)c(=O)[nH]2)ccc1O. The zero-order chi connectivity index (χ0) is 25.5. The number of phenols is 1. The lowest BCUT2D eigenvalue weighted by Crippen LogP contribution is -2.33. The first-order valence-corrected chi connectivity index (χ1v) is 11.4. The Morgan fingerprint density at radius 2 is 2.06 bits per heavy atom. The summed E-state index contributed by atoms with van der Waals surface area (Å²) in [6.45, 7) is -0.725. The molecule has 1 fully saturated rings. The zero-order valence-corrected chi connectivity index (χ0v) is 18.7. The molecule has 188 valence electrons. The number of ether oxygens (including phenoxy) is 2. The maximum atomic E-state index is 12.6. The lowest BCUT2D eigenvalue weighted by atomic mass is 10.1. The number of amides is 1. The van der Waals surface area contributed by atoms with Crippen LogP contribution in [0.15, 0.2) is 29.3 Å². The fourth-order valence-corrected chi connectivity index (χ4v) is 3.78. The van der Waals surface area contributed by atoms with Gasteiger partial charge in [0, 0.05) is 5.56 Å². The summed E-state index contributed by atoms with van der Waals surface area (Å²) in [4.78, 5) is 53.2. The summed E-state index contributed by atoms with van der Waals surface area (Å²) in [6, 6.07) is 3.84. The van der Waals surface area contributed by atoms with Crippen LogP contribution in [0.5, 0.6) is 11.5 Å². The van der Waals surface area contributed by atoms with E-state index in [1.807, 2.05) is 0 Å². The van der Waals surface area contributed by atoms with E-state index in [-0.39, 0.29) is 34.2 Å². The van der Waals surface area contributed by atoms with Crippen LogP contribution in [0.2, 0.25) is 0 Å². The van der Waals surface area contributed by atoms with E-state index >= 15 is 0 Å². The number of imidazole rings is 1. The molecule has 4 atom stereocenters. The van der Waals surface area contributed by atoms with Crippen molar-refractivity contribution in [3.05, 3.63) is 40.4 Å². The number of phosphoric acid groups is 1. The average molecular weight is 513 g/mol. The lowest BCUT2D eigenvalue weighted by molar-refractivity contribution is -0.0503. The average Bonchev–Trinajstić information content (AvgIpc) is 3.33. The van der Waals surface area contributed by atoms with Crippen molar-refractivity contribution in [2.24, 2.45) is 0 Å². The van der Waals surface area contributed by atoms with Gasteiger partial charge in [-0.15, -0.1) is 0 Å². The third-order valence-corrected chi connectivity index (χ3v) is 5.61. The second-order valence-corrected chi connectivity index (χ2v) is 8.65. The van der Waals surface area contributed by atoms with Crippen molar-refractivity contribution < 1.29 is 48.5 Å². The number of aromatic hydroxyl groups is 1. The van der Waals surface area contributed by atoms with Crippen molar-refractivity contribution in [3.63, 3.8) is 0 Å². The van der Waals surface area contributed by atoms with Crippen molar-refractivity contribution in [3.8, 4) is 11.5 Å². The van der Waals surface area contributed by atoms with Gasteiger partial charge in [0.25, 0.3) is 11.5 Å². The van der Waals surface area contributed by atoms with E-state index in [1.54, 1.807) is 0 Å². The van der Waals surface area contributed by atoms with Crippen LogP contribution in [0.1, 0.15) is 16.6 Å². The fraction of sp³-hybridized carbons (Fsp3) is 0.333. The molecule has 1 aliphatic rings. The number of aromatic nitrogens is 4. The first-order valence-electron chi connectivity index (χ1n) is 9.85. The number of hydrogen-bond donors (Lipinski definition) is 7. The quantitative estimate of drug-likeness (QED) is 0.184. The number of anilines is 1. The zero-order valence-electron chi connectivity index (χ0n) is 17.8. The van der Waals surface area contributed by atoms with Crippen LogP contribution < -0.4 is 15.6 Å². The molecule has 0 radical (unpaired) electrons. The minimum absolute atomic E-state index is 0.0517. The van der Waals surface area contributed by atoms with Gasteiger partial charge < -0.3 is 34.6 Å². The second kappa shape index (κ2) is 9.35. The van der Waals surface area contributed by atoms with Gasteiger partial charge in [0.05, 0.1) is 20.0 Å². The summed E-state index contributed by atoms with van der Waals surface area (Å²) in [5.74, 6) is -1.10. The summed E-state index contributed by atoms with van der Waals surface area (Å²) in [7, 11) is -3.55. The topological polar surface area (TPSA) is 239 Å². The van der Waals surface area contributed by atoms with Gasteiger partial charge in [-0.1, -0.05) is 0 Å². The molecule has 0 saturated carbocycles. The van der Waals surface area contributed by atoms with Crippen molar-refractivity contribution in [1.29, 1.82) is 0 Å². The molecule has 7 N–H and O–H groups in total.